The molecule has 1 atom stereocenters. The first-order valence-corrected chi connectivity index (χ1v) is 8.06. The Balaban J connectivity index is 1.64. The third-order valence-electron chi connectivity index (χ3n) is 4.35. The van der Waals surface area contributed by atoms with Crippen molar-refractivity contribution in [3.63, 3.8) is 0 Å². The van der Waals surface area contributed by atoms with Crippen LogP contribution >= 0.6 is 0 Å². The Morgan fingerprint density at radius 2 is 2.12 bits per heavy atom. The lowest BCUT2D eigenvalue weighted by Gasteiger charge is -2.27. The van der Waals surface area contributed by atoms with Gasteiger partial charge in [-0.25, -0.2) is 4.98 Å². The van der Waals surface area contributed by atoms with Gasteiger partial charge in [0.05, 0.1) is 41.5 Å². The molecule has 1 aromatic carbocycles. The van der Waals surface area contributed by atoms with Gasteiger partial charge in [-0.1, -0.05) is 12.1 Å². The van der Waals surface area contributed by atoms with Crippen LogP contribution in [-0.2, 0) is 13.1 Å². The van der Waals surface area contributed by atoms with Crippen molar-refractivity contribution < 1.29 is 9.90 Å². The predicted octanol–water partition coefficient (Wildman–Crippen LogP) is 0.829. The van der Waals surface area contributed by atoms with Crippen LogP contribution in [0.2, 0.25) is 0 Å². The van der Waals surface area contributed by atoms with E-state index in [9.17, 15) is 14.7 Å². The second-order valence-electron chi connectivity index (χ2n) is 6.12. The van der Waals surface area contributed by atoms with Crippen molar-refractivity contribution in [3.8, 4) is 0 Å². The molecule has 2 aromatic heterocycles. The van der Waals surface area contributed by atoms with Crippen molar-refractivity contribution >= 4 is 16.8 Å². The molecular formula is C17H17N5O3. The SMILES string of the molecule is C[C@H](O)c1cc2n(n1)CCN(C(=O)c1nc3ccccc3c(=O)[nH]1)C2. The molecule has 25 heavy (non-hydrogen) atoms. The minimum atomic E-state index is -0.652. The van der Waals surface area contributed by atoms with Crippen molar-refractivity contribution in [2.45, 2.75) is 26.1 Å². The lowest BCUT2D eigenvalue weighted by Crippen LogP contribution is -2.39. The molecule has 3 heterocycles. The average molecular weight is 339 g/mol. The number of nitrogens with one attached hydrogen (secondary N) is 1. The summed E-state index contributed by atoms with van der Waals surface area (Å²) in [4.78, 5) is 33.4. The van der Waals surface area contributed by atoms with E-state index in [1.807, 2.05) is 0 Å². The molecule has 0 unspecified atom stereocenters. The van der Waals surface area contributed by atoms with E-state index < -0.39 is 6.10 Å². The molecule has 0 radical (unpaired) electrons. The van der Waals surface area contributed by atoms with Gasteiger partial charge in [-0.3, -0.25) is 14.3 Å². The van der Waals surface area contributed by atoms with Crippen LogP contribution in [0.25, 0.3) is 10.9 Å². The molecule has 0 aliphatic carbocycles. The molecule has 3 aromatic rings. The second kappa shape index (κ2) is 5.82. The van der Waals surface area contributed by atoms with Crippen LogP contribution in [0.4, 0.5) is 0 Å². The van der Waals surface area contributed by atoms with Crippen molar-refractivity contribution in [2.24, 2.45) is 0 Å². The minimum Gasteiger partial charge on any atom is -0.387 e. The molecule has 4 rings (SSSR count). The number of hydrogen-bond donors (Lipinski definition) is 2. The monoisotopic (exact) mass is 339 g/mol. The maximum absolute atomic E-state index is 12.8. The molecule has 0 spiro atoms. The fraction of sp³-hybridized carbons (Fsp3) is 0.294. The van der Waals surface area contributed by atoms with E-state index in [4.69, 9.17) is 0 Å². The highest BCUT2D eigenvalue weighted by atomic mass is 16.3. The maximum Gasteiger partial charge on any atom is 0.290 e. The van der Waals surface area contributed by atoms with Crippen LogP contribution in [0.15, 0.2) is 35.1 Å². The Hall–Kier alpha value is -3.00. The third kappa shape index (κ3) is 2.70. The number of para-hydroxylation sites is 1. The summed E-state index contributed by atoms with van der Waals surface area (Å²) in [6, 6.07) is 8.71. The van der Waals surface area contributed by atoms with Gasteiger partial charge in [-0.2, -0.15) is 5.10 Å². The zero-order valence-corrected chi connectivity index (χ0v) is 13.6. The van der Waals surface area contributed by atoms with E-state index in [2.05, 4.69) is 15.1 Å². The Morgan fingerprint density at radius 3 is 2.92 bits per heavy atom. The topological polar surface area (TPSA) is 104 Å². The summed E-state index contributed by atoms with van der Waals surface area (Å²) in [5, 5.41) is 14.4. The molecule has 8 heteroatoms. The lowest BCUT2D eigenvalue weighted by molar-refractivity contribution is 0.0693. The summed E-state index contributed by atoms with van der Waals surface area (Å²) >= 11 is 0. The molecule has 1 amide bonds. The van der Waals surface area contributed by atoms with Crippen LogP contribution in [0.5, 0.6) is 0 Å². The average Bonchev–Trinajstić information content (AvgIpc) is 3.04. The van der Waals surface area contributed by atoms with E-state index >= 15 is 0 Å². The molecule has 8 nitrogen and oxygen atoms in total. The van der Waals surface area contributed by atoms with E-state index in [1.165, 1.54) is 0 Å². The molecule has 0 saturated carbocycles. The number of hydrogen-bond acceptors (Lipinski definition) is 5. The van der Waals surface area contributed by atoms with Gasteiger partial charge in [0.15, 0.2) is 5.82 Å². The first kappa shape index (κ1) is 15.5. The van der Waals surface area contributed by atoms with Crippen molar-refractivity contribution in [2.75, 3.05) is 6.54 Å². The standard InChI is InChI=1S/C17H17N5O3/c1-10(23)14-8-11-9-21(6-7-22(11)20-14)17(25)15-18-13-5-3-2-4-12(13)16(24)19-15/h2-5,8,10,23H,6-7,9H2,1H3,(H,18,19,24)/t10-/m0/s1. The third-order valence-corrected chi connectivity index (χ3v) is 4.35. The van der Waals surface area contributed by atoms with Crippen LogP contribution in [-0.4, -0.2) is 42.2 Å². The zero-order chi connectivity index (χ0) is 17.6. The highest BCUT2D eigenvalue weighted by Gasteiger charge is 2.25. The number of carbonyl (C=O) groups excluding carboxylic acids is 1. The number of aromatic nitrogens is 4. The summed E-state index contributed by atoms with van der Waals surface area (Å²) in [6.45, 7) is 3.00. The van der Waals surface area contributed by atoms with Gasteiger partial charge in [0.2, 0.25) is 0 Å². The molecule has 1 aliphatic heterocycles. The molecule has 0 saturated heterocycles. The van der Waals surface area contributed by atoms with Crippen molar-refractivity contribution in [1.29, 1.82) is 0 Å². The first-order valence-electron chi connectivity index (χ1n) is 8.06. The number of nitrogens with zero attached hydrogens (tertiary/aromatic N) is 4. The van der Waals surface area contributed by atoms with Crippen molar-refractivity contribution in [1.82, 2.24) is 24.6 Å². The lowest BCUT2D eigenvalue weighted by atomic mass is 10.2. The predicted molar refractivity (Wildman–Crippen MR) is 90.0 cm³/mol. The number of benzene rings is 1. The van der Waals surface area contributed by atoms with Gasteiger partial charge in [0.1, 0.15) is 0 Å². The summed E-state index contributed by atoms with van der Waals surface area (Å²) in [5.41, 5.74) is 1.60. The number of aromatic amines is 1. The Kier molecular flexibility index (Phi) is 3.61. The van der Waals surface area contributed by atoms with Gasteiger partial charge < -0.3 is 15.0 Å². The summed E-state index contributed by atoms with van der Waals surface area (Å²) in [6.07, 6.45) is -0.652. The number of rotatable bonds is 2. The highest BCUT2D eigenvalue weighted by molar-refractivity contribution is 5.92. The number of carbonyl (C=O) groups is 1. The molecule has 0 fully saturated rings. The van der Waals surface area contributed by atoms with Crippen LogP contribution in [0.3, 0.4) is 0 Å². The summed E-state index contributed by atoms with van der Waals surface area (Å²) in [5.74, 6) is -0.290. The van der Waals surface area contributed by atoms with E-state index in [0.717, 1.165) is 5.69 Å². The second-order valence-corrected chi connectivity index (χ2v) is 6.12. The minimum absolute atomic E-state index is 0.0346. The summed E-state index contributed by atoms with van der Waals surface area (Å²) in [7, 11) is 0. The quantitative estimate of drug-likeness (QED) is 0.720. The number of aliphatic hydroxyl groups excluding tert-OH is 1. The molecule has 0 bridgehead atoms. The van der Waals surface area contributed by atoms with E-state index in [0.29, 0.717) is 36.2 Å². The largest absolute Gasteiger partial charge is 0.387 e. The van der Waals surface area contributed by atoms with Crippen molar-refractivity contribution in [3.05, 3.63) is 57.9 Å². The van der Waals surface area contributed by atoms with E-state index in [-0.39, 0.29) is 17.3 Å². The van der Waals surface area contributed by atoms with Crippen LogP contribution in [0, 0.1) is 0 Å². The Labute approximate surface area is 142 Å². The number of aliphatic hydroxyl groups is 1. The first-order chi connectivity index (χ1) is 12.0. The fourth-order valence-corrected chi connectivity index (χ4v) is 3.00. The zero-order valence-electron chi connectivity index (χ0n) is 13.6. The molecular weight excluding hydrogens is 322 g/mol. The van der Waals surface area contributed by atoms with Gasteiger partial charge in [0, 0.05) is 6.54 Å². The smallest absolute Gasteiger partial charge is 0.290 e. The number of H-pyrrole nitrogens is 1. The van der Waals surface area contributed by atoms with Gasteiger partial charge in [-0.15, -0.1) is 0 Å². The van der Waals surface area contributed by atoms with Gasteiger partial charge in [0.25, 0.3) is 11.5 Å². The normalized spacial score (nSPS) is 15.2. The van der Waals surface area contributed by atoms with E-state index in [1.54, 1.807) is 46.8 Å². The van der Waals surface area contributed by atoms with Gasteiger partial charge >= 0.3 is 0 Å². The molecule has 128 valence electrons. The van der Waals surface area contributed by atoms with Gasteiger partial charge in [-0.05, 0) is 25.1 Å². The fourth-order valence-electron chi connectivity index (χ4n) is 3.00. The Bertz CT molecular complexity index is 1020. The van der Waals surface area contributed by atoms with Crippen LogP contribution < -0.4 is 5.56 Å². The highest BCUT2D eigenvalue weighted by Crippen LogP contribution is 2.19. The molecule has 1 aliphatic rings. The van der Waals surface area contributed by atoms with Crippen LogP contribution in [0.1, 0.15) is 35.0 Å². The maximum atomic E-state index is 12.8. The molecule has 2 N–H and O–H groups in total. The number of amides is 1. The number of fused-ring (bicyclic) bond motifs is 2. The Morgan fingerprint density at radius 1 is 1.32 bits per heavy atom. The summed E-state index contributed by atoms with van der Waals surface area (Å²) < 4.78 is 1.79.